The predicted molar refractivity (Wildman–Crippen MR) is 210 cm³/mol. The van der Waals surface area contributed by atoms with Gasteiger partial charge in [-0.1, -0.05) is 97.9 Å². The van der Waals surface area contributed by atoms with E-state index >= 15 is 0 Å². The molecule has 0 saturated carbocycles. The molecule has 3 saturated heterocycles. The third kappa shape index (κ3) is 8.42. The first-order valence-corrected chi connectivity index (χ1v) is 19.6. The van der Waals surface area contributed by atoms with E-state index < -0.39 is 24.3 Å². The fourth-order valence-electron chi connectivity index (χ4n) is 8.21. The van der Waals surface area contributed by atoms with E-state index in [0.29, 0.717) is 6.54 Å². The molecule has 4 aromatic carbocycles. The number of imidazole rings is 1. The number of benzene rings is 4. The van der Waals surface area contributed by atoms with Gasteiger partial charge in [-0.15, -0.1) is 0 Å². The van der Waals surface area contributed by atoms with Crippen LogP contribution in [0.4, 0.5) is 4.79 Å². The summed E-state index contributed by atoms with van der Waals surface area (Å²) in [6, 6.07) is 31.4. The lowest BCUT2D eigenvalue weighted by Crippen LogP contribution is -2.47. The first-order valence-electron chi connectivity index (χ1n) is 19.6. The highest BCUT2D eigenvalue weighted by molar-refractivity contribution is 6.06. The Morgan fingerprint density at radius 1 is 0.842 bits per heavy atom. The molecule has 57 heavy (non-hydrogen) atoms. The third-order valence-corrected chi connectivity index (χ3v) is 11.4. The number of aliphatic hydroxyl groups excluding tert-OH is 1. The number of carbonyl (C=O) groups excluding carboxylic acids is 3. The monoisotopic (exact) mass is 773 g/mol. The largest absolute Gasteiger partial charge is 0.445 e. The standard InChI is InChI=1S/C44H47N5O8/c1-28-38(25-47-21-19-34(20-22-47)49-37-10-6-5-9-35(37)45-43(49)53)56-42(57-40(28)32-15-13-30(26-50)14-16-32)33-17-11-29(12-18-33)24-48-39(51)23-36(41(48)52)46-44(54)55-27-31-7-3-2-4-8-31/h2-18,28,34,36,38,40,42,50H,19-27H2,1H3,(H,45,53)(H,46,54)/t28-,36?,38+,40+,42+/m0/s1. The summed E-state index contributed by atoms with van der Waals surface area (Å²) in [6.45, 7) is 4.53. The SMILES string of the molecule is C[C@H]1[C@@H](CN2CCC(n3c(=O)[nH]c4ccccc43)CC2)O[C@@H](c2ccc(CN3C(=O)CC(NC(=O)OCc4ccccc4)C3=O)cc2)O[C@H]1c1ccc(CO)cc1. The van der Waals surface area contributed by atoms with E-state index in [1.54, 1.807) is 0 Å². The molecular weight excluding hydrogens is 727 g/mol. The van der Waals surface area contributed by atoms with Crippen molar-refractivity contribution in [1.29, 1.82) is 0 Å². The number of para-hydroxylation sites is 2. The maximum atomic E-state index is 13.2. The lowest BCUT2D eigenvalue weighted by Gasteiger charge is -2.44. The summed E-state index contributed by atoms with van der Waals surface area (Å²) < 4.78 is 20.6. The molecule has 3 N–H and O–H groups in total. The van der Waals surface area contributed by atoms with E-state index in [9.17, 15) is 24.3 Å². The van der Waals surface area contributed by atoms with E-state index in [-0.39, 0.29) is 61.9 Å². The van der Waals surface area contributed by atoms with Crippen molar-refractivity contribution in [2.75, 3.05) is 19.6 Å². The van der Waals surface area contributed by atoms with Crippen molar-refractivity contribution in [3.05, 3.63) is 141 Å². The number of alkyl carbamates (subject to hydrolysis) is 1. The van der Waals surface area contributed by atoms with Crippen molar-refractivity contribution in [2.24, 2.45) is 5.92 Å². The van der Waals surface area contributed by atoms with Gasteiger partial charge in [0.1, 0.15) is 12.6 Å². The normalized spacial score (nSPS) is 23.3. The number of H-pyrrole nitrogens is 1. The Morgan fingerprint density at radius 3 is 2.26 bits per heavy atom. The van der Waals surface area contributed by atoms with Gasteiger partial charge in [-0.2, -0.15) is 0 Å². The lowest BCUT2D eigenvalue weighted by atomic mass is 9.89. The number of likely N-dealkylation sites (tertiary alicyclic amines) is 2. The number of piperidine rings is 1. The molecule has 3 aliphatic heterocycles. The minimum Gasteiger partial charge on any atom is -0.445 e. The van der Waals surface area contributed by atoms with Gasteiger partial charge in [0.15, 0.2) is 6.29 Å². The topological polar surface area (TPSA) is 155 Å². The van der Waals surface area contributed by atoms with Gasteiger partial charge >= 0.3 is 11.8 Å². The molecule has 0 bridgehead atoms. The molecule has 13 heteroatoms. The Kier molecular flexibility index (Phi) is 11.3. The smallest absolute Gasteiger partial charge is 0.408 e. The highest BCUT2D eigenvalue weighted by atomic mass is 16.7. The molecule has 5 aromatic rings. The summed E-state index contributed by atoms with van der Waals surface area (Å²) in [7, 11) is 0. The van der Waals surface area contributed by atoms with E-state index in [0.717, 1.165) is 69.7 Å². The molecule has 1 unspecified atom stereocenters. The van der Waals surface area contributed by atoms with E-state index in [4.69, 9.17) is 14.2 Å². The maximum absolute atomic E-state index is 13.2. The summed E-state index contributed by atoms with van der Waals surface area (Å²) in [5, 5.41) is 12.2. The number of hydrogen-bond acceptors (Lipinski definition) is 9. The van der Waals surface area contributed by atoms with Crippen molar-refractivity contribution in [3.8, 4) is 0 Å². The van der Waals surface area contributed by atoms with Crippen LogP contribution in [0.2, 0.25) is 0 Å². The van der Waals surface area contributed by atoms with Crippen LogP contribution >= 0.6 is 0 Å². The molecule has 0 spiro atoms. The number of ether oxygens (including phenoxy) is 3. The zero-order chi connectivity index (χ0) is 39.5. The summed E-state index contributed by atoms with van der Waals surface area (Å²) in [4.78, 5) is 58.0. The van der Waals surface area contributed by atoms with Crippen molar-refractivity contribution in [2.45, 2.75) is 76.5 Å². The average Bonchev–Trinajstić information content (AvgIpc) is 3.71. The van der Waals surface area contributed by atoms with E-state index in [1.807, 2.05) is 108 Å². The van der Waals surface area contributed by atoms with Gasteiger partial charge in [-0.25, -0.2) is 9.59 Å². The summed E-state index contributed by atoms with van der Waals surface area (Å²) in [5.74, 6) is -0.858. The summed E-state index contributed by atoms with van der Waals surface area (Å²) in [5.41, 5.74) is 5.87. The molecule has 13 nitrogen and oxygen atoms in total. The van der Waals surface area contributed by atoms with Crippen molar-refractivity contribution < 1.29 is 33.7 Å². The van der Waals surface area contributed by atoms with Gasteiger partial charge in [-0.05, 0) is 47.2 Å². The number of nitrogens with one attached hydrogen (secondary N) is 2. The zero-order valence-corrected chi connectivity index (χ0v) is 31.8. The van der Waals surface area contributed by atoms with Crippen LogP contribution in [-0.4, -0.2) is 74.1 Å². The molecule has 0 radical (unpaired) electrons. The number of carbonyl (C=O) groups is 3. The number of nitrogens with zero attached hydrogens (tertiary/aromatic N) is 3. The first kappa shape index (κ1) is 38.3. The second kappa shape index (κ2) is 16.9. The van der Waals surface area contributed by atoms with Gasteiger partial charge in [-0.3, -0.25) is 19.1 Å². The van der Waals surface area contributed by atoms with Crippen molar-refractivity contribution >= 4 is 28.9 Å². The number of aromatic nitrogens is 2. The van der Waals surface area contributed by atoms with Crippen molar-refractivity contribution in [3.63, 3.8) is 0 Å². The number of hydrogen-bond donors (Lipinski definition) is 3. The second-order valence-corrected chi connectivity index (χ2v) is 15.2. The third-order valence-electron chi connectivity index (χ3n) is 11.4. The Bertz CT molecular complexity index is 2250. The van der Waals surface area contributed by atoms with Gasteiger partial charge in [0, 0.05) is 37.2 Å². The molecular formula is C44H47N5O8. The van der Waals surface area contributed by atoms with E-state index in [1.165, 1.54) is 0 Å². The second-order valence-electron chi connectivity index (χ2n) is 15.2. The van der Waals surface area contributed by atoms with Crippen LogP contribution in [0.5, 0.6) is 0 Å². The van der Waals surface area contributed by atoms with E-state index in [2.05, 4.69) is 22.1 Å². The van der Waals surface area contributed by atoms with Crippen LogP contribution in [0, 0.1) is 5.92 Å². The quantitative estimate of drug-likeness (QED) is 0.148. The van der Waals surface area contributed by atoms with Crippen LogP contribution in [0.15, 0.2) is 108 Å². The van der Waals surface area contributed by atoms with Gasteiger partial charge < -0.3 is 34.5 Å². The fourth-order valence-corrected chi connectivity index (χ4v) is 8.21. The molecule has 3 amide bonds. The Hall–Kier alpha value is -5.60. The minimum absolute atomic E-state index is 0.00109. The molecule has 3 aliphatic rings. The maximum Gasteiger partial charge on any atom is 0.408 e. The fraction of sp³-hybridized carbons (Fsp3) is 0.364. The Morgan fingerprint density at radius 2 is 1.53 bits per heavy atom. The number of fused-ring (bicyclic) bond motifs is 1. The molecule has 3 fully saturated rings. The number of rotatable bonds is 11. The minimum atomic E-state index is -0.992. The Balaban J connectivity index is 0.921. The Labute approximate surface area is 330 Å². The van der Waals surface area contributed by atoms with Gasteiger partial charge in [0.2, 0.25) is 5.91 Å². The molecule has 8 rings (SSSR count). The van der Waals surface area contributed by atoms with Gasteiger partial charge in [0.05, 0.1) is 42.8 Å². The molecule has 1 aromatic heterocycles. The number of amides is 3. The molecule has 0 aliphatic carbocycles. The number of aliphatic hydroxyl groups is 1. The lowest BCUT2D eigenvalue weighted by molar-refractivity contribution is -0.276. The highest BCUT2D eigenvalue weighted by Crippen LogP contribution is 2.42. The summed E-state index contributed by atoms with van der Waals surface area (Å²) in [6.07, 6.45) is -0.364. The number of imide groups is 1. The van der Waals surface area contributed by atoms with Crippen molar-refractivity contribution in [1.82, 2.24) is 24.7 Å². The van der Waals surface area contributed by atoms with Crippen LogP contribution in [-0.2, 0) is 43.6 Å². The van der Waals surface area contributed by atoms with Crippen LogP contribution in [0.1, 0.15) is 72.4 Å². The van der Waals surface area contributed by atoms with Crippen LogP contribution in [0.25, 0.3) is 11.0 Å². The van der Waals surface area contributed by atoms with Gasteiger partial charge in [0.25, 0.3) is 5.91 Å². The predicted octanol–water partition coefficient (Wildman–Crippen LogP) is 5.50. The zero-order valence-electron chi connectivity index (χ0n) is 31.8. The average molecular weight is 774 g/mol. The summed E-state index contributed by atoms with van der Waals surface area (Å²) >= 11 is 0. The highest BCUT2D eigenvalue weighted by Gasteiger charge is 2.41. The van der Waals surface area contributed by atoms with Crippen LogP contribution in [0.3, 0.4) is 0 Å². The molecule has 4 heterocycles. The number of aromatic amines is 1. The van der Waals surface area contributed by atoms with Crippen LogP contribution < -0.4 is 11.0 Å². The molecule has 296 valence electrons. The first-order chi connectivity index (χ1) is 27.7. The molecule has 5 atom stereocenters.